The van der Waals surface area contributed by atoms with E-state index in [1.165, 1.54) is 55.9 Å². The molecule has 2 aliphatic heterocycles. The number of aryl methyl sites for hydroxylation is 1. The number of fused-ring (bicyclic) bond motifs is 1. The third kappa shape index (κ3) is 6.78. The fourth-order valence-electron chi connectivity index (χ4n) is 3.91. The third-order valence-electron chi connectivity index (χ3n) is 5.52. The molecule has 0 radical (unpaired) electrons. The maximum absolute atomic E-state index is 13.0. The number of nitrogens with zero attached hydrogens (tertiary/aromatic N) is 2. The lowest BCUT2D eigenvalue weighted by Crippen LogP contribution is -2.29. The van der Waals surface area contributed by atoms with Crippen LogP contribution in [0.1, 0.15) is 77.2 Å². The van der Waals surface area contributed by atoms with Gasteiger partial charge in [-0.05, 0) is 55.1 Å². The van der Waals surface area contributed by atoms with Crippen LogP contribution in [0.3, 0.4) is 0 Å². The number of anilines is 1. The van der Waals surface area contributed by atoms with Gasteiger partial charge in [-0.15, -0.1) is 12.4 Å². The molecule has 1 amide bonds. The van der Waals surface area contributed by atoms with E-state index in [0.29, 0.717) is 0 Å². The molecule has 3 rings (SSSR count). The first-order valence-corrected chi connectivity index (χ1v) is 12.2. The standard InChI is InChI=1S/C24H35N3OS.ClH/c1-3-5-6-7-8-9-12-19-13-15-20(16-14-19)26-23(28)22-21(11-4-2)27-18-10-17-25-24(27)29-22;/h13-16H,3-12,17-18H2,1-2H3,(H,26,28);1H. The number of carbonyl (C=O) groups excluding carboxylic acids is 1. The van der Waals surface area contributed by atoms with Gasteiger partial charge in [0, 0.05) is 24.5 Å². The van der Waals surface area contributed by atoms with Gasteiger partial charge in [-0.1, -0.05) is 64.5 Å². The van der Waals surface area contributed by atoms with E-state index < -0.39 is 0 Å². The molecule has 0 atom stereocenters. The van der Waals surface area contributed by atoms with E-state index in [1.54, 1.807) is 0 Å². The maximum Gasteiger partial charge on any atom is 0.264 e. The number of thioether (sulfide) groups is 1. The first kappa shape index (κ1) is 24.8. The van der Waals surface area contributed by atoms with Gasteiger partial charge >= 0.3 is 0 Å². The van der Waals surface area contributed by atoms with Crippen LogP contribution in [0.4, 0.5) is 5.69 Å². The molecule has 2 heterocycles. The predicted octanol–water partition coefficient (Wildman–Crippen LogP) is 6.77. The molecule has 30 heavy (non-hydrogen) atoms. The highest BCUT2D eigenvalue weighted by molar-refractivity contribution is 8.18. The summed E-state index contributed by atoms with van der Waals surface area (Å²) < 4.78 is 0. The van der Waals surface area contributed by atoms with Gasteiger partial charge < -0.3 is 10.2 Å². The lowest BCUT2D eigenvalue weighted by Gasteiger charge is -2.25. The minimum Gasteiger partial charge on any atom is -0.323 e. The molecule has 1 N–H and O–H groups in total. The van der Waals surface area contributed by atoms with Crippen LogP contribution in [0.25, 0.3) is 0 Å². The van der Waals surface area contributed by atoms with E-state index >= 15 is 0 Å². The first-order chi connectivity index (χ1) is 14.2. The van der Waals surface area contributed by atoms with Crippen LogP contribution in [0.5, 0.6) is 0 Å². The number of benzene rings is 1. The molecule has 1 aromatic carbocycles. The molecular weight excluding hydrogens is 414 g/mol. The molecule has 2 aliphatic rings. The Morgan fingerprint density at radius 2 is 1.77 bits per heavy atom. The van der Waals surface area contributed by atoms with Crippen LogP contribution < -0.4 is 5.32 Å². The second kappa shape index (κ2) is 13.1. The monoisotopic (exact) mass is 449 g/mol. The molecule has 0 spiro atoms. The number of carbonyl (C=O) groups is 1. The SMILES string of the molecule is CCCCCCCCc1ccc(NC(=O)C2=C(CCC)N3CCCN=C3S2)cc1.Cl. The molecule has 0 saturated heterocycles. The molecule has 166 valence electrons. The van der Waals surface area contributed by atoms with E-state index in [0.717, 1.165) is 60.2 Å². The molecule has 0 bridgehead atoms. The summed E-state index contributed by atoms with van der Waals surface area (Å²) in [6.45, 7) is 6.26. The van der Waals surface area contributed by atoms with Gasteiger partial charge in [0.25, 0.3) is 5.91 Å². The molecule has 4 nitrogen and oxygen atoms in total. The summed E-state index contributed by atoms with van der Waals surface area (Å²) in [5, 5.41) is 4.10. The van der Waals surface area contributed by atoms with Crippen LogP contribution in [-0.2, 0) is 11.2 Å². The van der Waals surface area contributed by atoms with Crippen molar-refractivity contribution in [2.24, 2.45) is 4.99 Å². The number of aliphatic imine (C=N–C) groups is 1. The third-order valence-corrected chi connectivity index (χ3v) is 6.68. The van der Waals surface area contributed by atoms with Crippen LogP contribution in [-0.4, -0.2) is 29.1 Å². The van der Waals surface area contributed by atoms with Crippen molar-refractivity contribution >= 4 is 40.9 Å². The Kier molecular flexibility index (Phi) is 10.8. The van der Waals surface area contributed by atoms with Crippen molar-refractivity contribution in [3.8, 4) is 0 Å². The zero-order valence-corrected chi connectivity index (χ0v) is 20.0. The first-order valence-electron chi connectivity index (χ1n) is 11.4. The zero-order chi connectivity index (χ0) is 20.5. The summed E-state index contributed by atoms with van der Waals surface area (Å²) in [4.78, 5) is 20.6. The van der Waals surface area contributed by atoms with Crippen molar-refractivity contribution in [3.05, 3.63) is 40.4 Å². The number of rotatable bonds is 11. The minimum absolute atomic E-state index is 0. The van der Waals surface area contributed by atoms with E-state index in [1.807, 2.05) is 12.1 Å². The predicted molar refractivity (Wildman–Crippen MR) is 133 cm³/mol. The minimum atomic E-state index is -0.000718. The van der Waals surface area contributed by atoms with Crippen molar-refractivity contribution in [1.29, 1.82) is 0 Å². The number of hydrogen-bond acceptors (Lipinski definition) is 4. The molecule has 0 aliphatic carbocycles. The number of amidine groups is 1. The Hall–Kier alpha value is -1.46. The van der Waals surface area contributed by atoms with Crippen molar-refractivity contribution in [2.75, 3.05) is 18.4 Å². The van der Waals surface area contributed by atoms with Crippen LogP contribution in [0.2, 0.25) is 0 Å². The van der Waals surface area contributed by atoms with Gasteiger partial charge in [-0.3, -0.25) is 9.79 Å². The van der Waals surface area contributed by atoms with E-state index in [2.05, 4.69) is 41.2 Å². The smallest absolute Gasteiger partial charge is 0.264 e. The summed E-state index contributed by atoms with van der Waals surface area (Å²) in [5.41, 5.74) is 3.37. The number of nitrogens with one attached hydrogen (secondary N) is 1. The Labute approximate surface area is 192 Å². The molecule has 1 aromatic rings. The topological polar surface area (TPSA) is 44.7 Å². The second-order valence-corrected chi connectivity index (χ2v) is 8.94. The van der Waals surface area contributed by atoms with Crippen LogP contribution >= 0.6 is 24.2 Å². The van der Waals surface area contributed by atoms with Gasteiger partial charge in [0.1, 0.15) is 0 Å². The largest absolute Gasteiger partial charge is 0.323 e. The lowest BCUT2D eigenvalue weighted by molar-refractivity contribution is -0.112. The van der Waals surface area contributed by atoms with Crippen molar-refractivity contribution < 1.29 is 4.79 Å². The van der Waals surface area contributed by atoms with E-state index in [9.17, 15) is 4.79 Å². The number of allylic oxidation sites excluding steroid dienone is 1. The van der Waals surface area contributed by atoms with Gasteiger partial charge in [-0.2, -0.15) is 0 Å². The van der Waals surface area contributed by atoms with Gasteiger partial charge in [0.2, 0.25) is 0 Å². The Morgan fingerprint density at radius 1 is 1.03 bits per heavy atom. The van der Waals surface area contributed by atoms with Gasteiger partial charge in [-0.25, -0.2) is 0 Å². The zero-order valence-electron chi connectivity index (χ0n) is 18.4. The molecule has 0 fully saturated rings. The number of halogens is 1. The maximum atomic E-state index is 13.0. The van der Waals surface area contributed by atoms with Crippen molar-refractivity contribution in [2.45, 2.75) is 78.1 Å². The second-order valence-electron chi connectivity index (χ2n) is 7.97. The summed E-state index contributed by atoms with van der Waals surface area (Å²) in [7, 11) is 0. The highest BCUT2D eigenvalue weighted by Crippen LogP contribution is 2.38. The fourth-order valence-corrected chi connectivity index (χ4v) is 5.03. The average molecular weight is 450 g/mol. The lowest BCUT2D eigenvalue weighted by atomic mass is 10.0. The summed E-state index contributed by atoms with van der Waals surface area (Å²) in [5.74, 6) is -0.000718. The highest BCUT2D eigenvalue weighted by Gasteiger charge is 2.33. The summed E-state index contributed by atoms with van der Waals surface area (Å²) in [6.07, 6.45) is 12.1. The number of unbranched alkanes of at least 4 members (excludes halogenated alkanes) is 5. The van der Waals surface area contributed by atoms with Gasteiger partial charge in [0.15, 0.2) is 5.17 Å². The number of amides is 1. The van der Waals surface area contributed by atoms with E-state index in [-0.39, 0.29) is 18.3 Å². The average Bonchev–Trinajstić information content (AvgIpc) is 3.11. The molecule has 0 aromatic heterocycles. The molecule has 0 unspecified atom stereocenters. The fraction of sp³-hybridized carbons (Fsp3) is 0.583. The Morgan fingerprint density at radius 3 is 2.50 bits per heavy atom. The van der Waals surface area contributed by atoms with Crippen LogP contribution in [0.15, 0.2) is 39.9 Å². The molecular formula is C24H36ClN3OS. The Balaban J connectivity index is 0.00000320. The summed E-state index contributed by atoms with van der Waals surface area (Å²) in [6, 6.07) is 8.37. The number of hydrogen-bond donors (Lipinski definition) is 1. The Bertz CT molecular complexity index is 745. The van der Waals surface area contributed by atoms with E-state index in [4.69, 9.17) is 0 Å². The van der Waals surface area contributed by atoms with Crippen LogP contribution in [0, 0.1) is 0 Å². The quantitative estimate of drug-likeness (QED) is 0.379. The van der Waals surface area contributed by atoms with Crippen molar-refractivity contribution in [1.82, 2.24) is 4.90 Å². The van der Waals surface area contributed by atoms with Crippen molar-refractivity contribution in [3.63, 3.8) is 0 Å². The summed E-state index contributed by atoms with van der Waals surface area (Å²) >= 11 is 1.54. The van der Waals surface area contributed by atoms with Gasteiger partial charge in [0.05, 0.1) is 4.91 Å². The highest BCUT2D eigenvalue weighted by atomic mass is 35.5. The normalized spacial score (nSPS) is 15.5. The molecule has 6 heteroatoms. The molecule has 0 saturated carbocycles.